The van der Waals surface area contributed by atoms with E-state index in [2.05, 4.69) is 44.4 Å². The number of fused-ring (bicyclic) bond motifs is 3. The van der Waals surface area contributed by atoms with Crippen LogP contribution in [0.5, 0.6) is 0 Å². The van der Waals surface area contributed by atoms with Gasteiger partial charge in [0.2, 0.25) is 5.91 Å². The highest BCUT2D eigenvalue weighted by molar-refractivity contribution is 7.95. The second kappa shape index (κ2) is 9.61. The number of rotatable bonds is 6. The van der Waals surface area contributed by atoms with Gasteiger partial charge in [0.1, 0.15) is 16.9 Å². The number of piperidine rings is 2. The first kappa shape index (κ1) is 22.6. The minimum atomic E-state index is -0.418. The molecule has 5 heterocycles. The van der Waals surface area contributed by atoms with E-state index < -0.39 is 5.25 Å². The lowest BCUT2D eigenvalue weighted by Gasteiger charge is -2.49. The molecule has 2 aromatic rings. The lowest BCUT2D eigenvalue weighted by Crippen LogP contribution is -2.58. The number of hydrogen-bond acceptors (Lipinski definition) is 9. The molecule has 33 heavy (non-hydrogen) atoms. The third-order valence-electron chi connectivity index (χ3n) is 7.09. The predicted octanol–water partition coefficient (Wildman–Crippen LogP) is 3.17. The van der Waals surface area contributed by atoms with Crippen molar-refractivity contribution in [3.63, 3.8) is 0 Å². The van der Waals surface area contributed by atoms with Crippen molar-refractivity contribution < 1.29 is 9.35 Å². The summed E-state index contributed by atoms with van der Waals surface area (Å²) in [6.45, 7) is 3.93. The first-order valence-electron chi connectivity index (χ1n) is 11.9. The van der Waals surface area contributed by atoms with Crippen molar-refractivity contribution in [2.24, 2.45) is 0 Å². The molecule has 3 saturated heterocycles. The van der Waals surface area contributed by atoms with Gasteiger partial charge in [-0.25, -0.2) is 10.4 Å². The fraction of sp³-hybridized carbons (Fsp3) is 0.609. The summed E-state index contributed by atoms with van der Waals surface area (Å²) < 4.78 is 9.42. The average molecular weight is 472 g/mol. The summed E-state index contributed by atoms with van der Waals surface area (Å²) in [7, 11) is 0. The maximum atomic E-state index is 12.9. The number of hydrogen-bond donors (Lipinski definition) is 5. The van der Waals surface area contributed by atoms with Crippen molar-refractivity contribution >= 4 is 40.5 Å². The van der Waals surface area contributed by atoms with Gasteiger partial charge in [-0.05, 0) is 64.5 Å². The van der Waals surface area contributed by atoms with E-state index in [0.29, 0.717) is 18.1 Å². The molecule has 6 atom stereocenters. The largest absolute Gasteiger partial charge is 0.367 e. The molecule has 4 unspecified atom stereocenters. The minimum absolute atomic E-state index is 0.0570. The molecule has 0 saturated carbocycles. The zero-order chi connectivity index (χ0) is 22.9. The number of aromatic nitrogens is 2. The molecule has 2 aromatic heterocycles. The van der Waals surface area contributed by atoms with Crippen molar-refractivity contribution in [3.05, 3.63) is 24.4 Å². The van der Waals surface area contributed by atoms with Crippen molar-refractivity contribution in [3.8, 4) is 0 Å². The second-order valence-electron chi connectivity index (χ2n) is 9.59. The van der Waals surface area contributed by atoms with Gasteiger partial charge < -0.3 is 20.1 Å². The summed E-state index contributed by atoms with van der Waals surface area (Å²) in [6, 6.07) is 7.04. The monoisotopic (exact) mass is 471 g/mol. The summed E-state index contributed by atoms with van der Waals surface area (Å²) in [6.07, 6.45) is 7.83. The Morgan fingerprint density at radius 1 is 1.24 bits per heavy atom. The van der Waals surface area contributed by atoms with Crippen LogP contribution in [-0.2, 0) is 4.79 Å². The topological polar surface area (TPSA) is 114 Å². The Bertz CT molecular complexity index is 994. The molecule has 5 N–H and O–H groups in total. The Morgan fingerprint density at radius 2 is 2.03 bits per heavy atom. The van der Waals surface area contributed by atoms with Gasteiger partial charge in [-0.15, -0.1) is 0 Å². The number of amides is 1. The minimum Gasteiger partial charge on any atom is -0.367 e. The molecule has 5 rings (SSSR count). The van der Waals surface area contributed by atoms with Gasteiger partial charge in [-0.3, -0.25) is 15.2 Å². The van der Waals surface area contributed by atoms with E-state index in [1.165, 1.54) is 0 Å². The van der Waals surface area contributed by atoms with Crippen LogP contribution in [0.2, 0.25) is 0 Å². The molecular formula is C23H33N7O2S. The number of carbonyl (C=O) groups is 1. The Labute approximate surface area is 198 Å². The molecule has 3 fully saturated rings. The van der Waals surface area contributed by atoms with Crippen LogP contribution in [0, 0.1) is 0 Å². The fourth-order valence-corrected chi connectivity index (χ4v) is 5.77. The quantitative estimate of drug-likeness (QED) is 0.405. The van der Waals surface area contributed by atoms with Crippen molar-refractivity contribution in [1.82, 2.24) is 25.7 Å². The summed E-state index contributed by atoms with van der Waals surface area (Å²) in [5, 5.41) is 7.77. The SMILES string of the molecule is CC1CC(Nc2cc3ncccc3c(NC3C[C@H]4CCC[C@@H](C3)N4C(=O)C(C)SO)n2)NN1. The number of pyridine rings is 2. The van der Waals surface area contributed by atoms with Crippen LogP contribution < -0.4 is 21.5 Å². The highest BCUT2D eigenvalue weighted by atomic mass is 32.2. The van der Waals surface area contributed by atoms with Crippen molar-refractivity contribution in [2.45, 2.75) is 88.0 Å². The van der Waals surface area contributed by atoms with E-state index in [9.17, 15) is 9.35 Å². The molecule has 0 radical (unpaired) electrons. The molecule has 3 aliphatic rings. The van der Waals surface area contributed by atoms with Crippen molar-refractivity contribution in [1.29, 1.82) is 0 Å². The molecule has 178 valence electrons. The maximum Gasteiger partial charge on any atom is 0.238 e. The zero-order valence-electron chi connectivity index (χ0n) is 19.1. The Morgan fingerprint density at radius 3 is 2.73 bits per heavy atom. The third kappa shape index (κ3) is 4.75. The van der Waals surface area contributed by atoms with Crippen LogP contribution in [-0.4, -0.2) is 60.9 Å². The number of carbonyl (C=O) groups excluding carboxylic acids is 1. The van der Waals surface area contributed by atoms with E-state index in [1.54, 1.807) is 6.92 Å². The van der Waals surface area contributed by atoms with Gasteiger partial charge in [-0.2, -0.15) is 0 Å². The molecule has 0 spiro atoms. The average Bonchev–Trinajstić information content (AvgIpc) is 3.21. The van der Waals surface area contributed by atoms with Crippen LogP contribution in [0.1, 0.15) is 52.4 Å². The maximum absolute atomic E-state index is 12.9. The Balaban J connectivity index is 1.36. The highest BCUT2D eigenvalue weighted by Crippen LogP contribution is 2.37. The smallest absolute Gasteiger partial charge is 0.238 e. The summed E-state index contributed by atoms with van der Waals surface area (Å²) >= 11 is 0.644. The second-order valence-corrected chi connectivity index (χ2v) is 10.5. The molecule has 2 bridgehead atoms. The highest BCUT2D eigenvalue weighted by Gasteiger charge is 2.42. The number of hydrazine groups is 1. The number of nitrogens with one attached hydrogen (secondary N) is 4. The molecule has 3 aliphatic heterocycles. The lowest BCUT2D eigenvalue weighted by molar-refractivity contribution is -0.140. The van der Waals surface area contributed by atoms with Crippen LogP contribution in [0.15, 0.2) is 24.4 Å². The van der Waals surface area contributed by atoms with Gasteiger partial charge in [0.15, 0.2) is 0 Å². The van der Waals surface area contributed by atoms with Crippen LogP contribution in [0.3, 0.4) is 0 Å². The van der Waals surface area contributed by atoms with Crippen LogP contribution >= 0.6 is 12.0 Å². The van der Waals surface area contributed by atoms with Gasteiger partial charge >= 0.3 is 0 Å². The van der Waals surface area contributed by atoms with Gasteiger partial charge in [0, 0.05) is 53.9 Å². The molecule has 1 amide bonds. The number of anilines is 2. The normalized spacial score (nSPS) is 30.3. The van der Waals surface area contributed by atoms with E-state index in [0.717, 1.165) is 61.1 Å². The van der Waals surface area contributed by atoms with E-state index >= 15 is 0 Å². The molecular weight excluding hydrogens is 438 g/mol. The molecule has 9 nitrogen and oxygen atoms in total. The number of nitrogens with zero attached hydrogens (tertiary/aromatic N) is 3. The first-order valence-corrected chi connectivity index (χ1v) is 12.8. The summed E-state index contributed by atoms with van der Waals surface area (Å²) in [5.74, 6) is 1.68. The van der Waals surface area contributed by atoms with Gasteiger partial charge in [0.25, 0.3) is 0 Å². The van der Waals surface area contributed by atoms with E-state index in [-0.39, 0.29) is 30.2 Å². The Hall–Kier alpha value is -2.14. The standard InChI is InChI=1S/C23H33N7O2S/c1-13-9-21(29-28-13)26-20-12-19-18(7-4-8-24-19)22(27-20)25-15-10-16-5-3-6-17(11-15)30(16)23(31)14(2)33-32/h4,7-8,12-17,21,28-29,32H,3,5-6,9-11H2,1-2H3,(H2,25,26,27)/t13?,14?,15?,16-,17+,21?. The molecule has 10 heteroatoms. The van der Waals surface area contributed by atoms with E-state index in [1.807, 2.05) is 18.3 Å². The fourth-order valence-electron chi connectivity index (χ4n) is 5.55. The lowest BCUT2D eigenvalue weighted by atomic mass is 9.81. The van der Waals surface area contributed by atoms with Gasteiger partial charge in [-0.1, -0.05) is 0 Å². The van der Waals surface area contributed by atoms with Crippen LogP contribution in [0.4, 0.5) is 11.6 Å². The summed E-state index contributed by atoms with van der Waals surface area (Å²) in [5.41, 5.74) is 7.40. The van der Waals surface area contributed by atoms with E-state index in [4.69, 9.17) is 4.98 Å². The van der Waals surface area contributed by atoms with Crippen LogP contribution in [0.25, 0.3) is 10.9 Å². The predicted molar refractivity (Wildman–Crippen MR) is 132 cm³/mol. The summed E-state index contributed by atoms with van der Waals surface area (Å²) in [4.78, 5) is 24.5. The van der Waals surface area contributed by atoms with Crippen molar-refractivity contribution in [2.75, 3.05) is 10.6 Å². The first-order chi connectivity index (χ1) is 16.0. The molecule has 0 aliphatic carbocycles. The third-order valence-corrected chi connectivity index (χ3v) is 7.61. The molecule has 0 aromatic carbocycles. The van der Waals surface area contributed by atoms with Gasteiger partial charge in [0.05, 0.1) is 11.7 Å². The zero-order valence-corrected chi connectivity index (χ0v) is 19.9. The Kier molecular flexibility index (Phi) is 6.60.